The van der Waals surface area contributed by atoms with Crippen LogP contribution in [0.5, 0.6) is 0 Å². The van der Waals surface area contributed by atoms with Crippen LogP contribution in [-0.4, -0.2) is 20.5 Å². The van der Waals surface area contributed by atoms with Gasteiger partial charge < -0.3 is 0 Å². The van der Waals surface area contributed by atoms with Crippen LogP contribution in [0.3, 0.4) is 0 Å². The van der Waals surface area contributed by atoms with Gasteiger partial charge in [0.1, 0.15) is 17.7 Å². The van der Waals surface area contributed by atoms with E-state index in [1.54, 1.807) is 6.92 Å². The molecule has 0 spiro atoms. The molecule has 0 aromatic carbocycles. The molecule has 0 unspecified atom stereocenters. The van der Waals surface area contributed by atoms with Crippen LogP contribution < -0.4 is 0 Å². The number of nitrogens with zero attached hydrogens (tertiary/aromatic N) is 3. The topological polar surface area (TPSA) is 30.2 Å². The van der Waals surface area contributed by atoms with Gasteiger partial charge in [-0.2, -0.15) is 22.0 Å². The number of aromatic nitrogens is 3. The molecule has 0 aliphatic heterocycles. The van der Waals surface area contributed by atoms with Crippen LogP contribution in [0.25, 0.3) is 5.65 Å². The summed E-state index contributed by atoms with van der Waals surface area (Å²) in [6.07, 6.45) is -3.32. The van der Waals surface area contributed by atoms with E-state index in [1.807, 2.05) is 0 Å². The average molecular weight is 251 g/mol. The van der Waals surface area contributed by atoms with Gasteiger partial charge in [-0.3, -0.25) is 4.40 Å². The molecule has 0 fully saturated rings. The number of imidazole rings is 1. The average Bonchev–Trinajstić information content (AvgIpc) is 2.54. The van der Waals surface area contributed by atoms with Crippen LogP contribution in [0.15, 0.2) is 18.6 Å². The molecule has 2 heterocycles. The second kappa shape index (κ2) is 3.38. The zero-order chi connectivity index (χ0) is 12.8. The summed E-state index contributed by atoms with van der Waals surface area (Å²) in [5, 5.41) is 0. The van der Waals surface area contributed by atoms with Crippen molar-refractivity contribution in [3.05, 3.63) is 30.0 Å². The number of aryl methyl sites for hydroxylation is 1. The quantitative estimate of drug-likeness (QED) is 0.729. The highest BCUT2D eigenvalue weighted by molar-refractivity contribution is 5.41. The lowest BCUT2D eigenvalue weighted by molar-refractivity contribution is -0.290. The highest BCUT2D eigenvalue weighted by Crippen LogP contribution is 2.42. The van der Waals surface area contributed by atoms with Gasteiger partial charge in [-0.05, 0) is 6.92 Å². The Balaban J connectivity index is 2.56. The molecule has 2 rings (SSSR count). The molecule has 3 nitrogen and oxygen atoms in total. The molecule has 0 bridgehead atoms. The number of alkyl halides is 5. The van der Waals surface area contributed by atoms with Crippen LogP contribution in [0.4, 0.5) is 22.0 Å². The van der Waals surface area contributed by atoms with Gasteiger partial charge in [-0.15, -0.1) is 0 Å². The highest BCUT2D eigenvalue weighted by atomic mass is 19.4. The van der Waals surface area contributed by atoms with Crippen molar-refractivity contribution in [2.45, 2.75) is 19.0 Å². The number of hydrogen-bond donors (Lipinski definition) is 0. The summed E-state index contributed by atoms with van der Waals surface area (Å²) in [4.78, 5) is 6.90. The predicted molar refractivity (Wildman–Crippen MR) is 47.7 cm³/mol. The van der Waals surface area contributed by atoms with Crippen LogP contribution in [0.2, 0.25) is 0 Å². The zero-order valence-electron chi connectivity index (χ0n) is 8.46. The van der Waals surface area contributed by atoms with Crippen molar-refractivity contribution in [3.63, 3.8) is 0 Å². The summed E-state index contributed by atoms with van der Waals surface area (Å²) in [6, 6.07) is 0.625. The molecular formula is C9H6F5N3. The monoisotopic (exact) mass is 251 g/mol. The summed E-state index contributed by atoms with van der Waals surface area (Å²) in [5.74, 6) is -4.98. The van der Waals surface area contributed by atoms with Gasteiger partial charge in [-0.25, -0.2) is 9.97 Å². The summed E-state index contributed by atoms with van der Waals surface area (Å²) in [6.45, 7) is 1.59. The zero-order valence-corrected chi connectivity index (χ0v) is 8.46. The lowest BCUT2D eigenvalue weighted by Gasteiger charge is -2.18. The summed E-state index contributed by atoms with van der Waals surface area (Å²) >= 11 is 0. The van der Waals surface area contributed by atoms with Crippen molar-refractivity contribution in [1.82, 2.24) is 14.4 Å². The van der Waals surface area contributed by atoms with Crippen LogP contribution >= 0.6 is 0 Å². The Kier molecular flexibility index (Phi) is 2.33. The first-order valence-electron chi connectivity index (χ1n) is 4.48. The number of fused-ring (bicyclic) bond motifs is 1. The maximum atomic E-state index is 13.0. The fourth-order valence-electron chi connectivity index (χ4n) is 1.33. The third-order valence-electron chi connectivity index (χ3n) is 2.15. The molecule has 8 heteroatoms. The Morgan fingerprint density at radius 3 is 2.41 bits per heavy atom. The van der Waals surface area contributed by atoms with E-state index in [2.05, 4.69) is 9.97 Å². The van der Waals surface area contributed by atoms with E-state index < -0.39 is 17.8 Å². The largest absolute Gasteiger partial charge is 0.459 e. The van der Waals surface area contributed by atoms with E-state index in [0.717, 1.165) is 6.33 Å². The van der Waals surface area contributed by atoms with Crippen LogP contribution in [-0.2, 0) is 5.92 Å². The molecule has 0 saturated heterocycles. The maximum absolute atomic E-state index is 13.0. The fraction of sp³-hybridized carbons (Fsp3) is 0.333. The molecule has 2 aromatic heterocycles. The molecule has 0 N–H and O–H groups in total. The van der Waals surface area contributed by atoms with Crippen LogP contribution in [0, 0.1) is 6.92 Å². The third-order valence-corrected chi connectivity index (χ3v) is 2.15. The van der Waals surface area contributed by atoms with Crippen molar-refractivity contribution in [2.24, 2.45) is 0 Å². The Hall–Kier alpha value is -1.73. The maximum Gasteiger partial charge on any atom is 0.459 e. The minimum Gasteiger partial charge on any atom is -0.290 e. The van der Waals surface area contributed by atoms with Crippen molar-refractivity contribution >= 4 is 5.65 Å². The molecule has 92 valence electrons. The molecule has 0 amide bonds. The lowest BCUT2D eigenvalue weighted by Crippen LogP contribution is -2.34. The first kappa shape index (κ1) is 11.7. The molecule has 0 atom stereocenters. The lowest BCUT2D eigenvalue weighted by atomic mass is 10.2. The first-order valence-corrected chi connectivity index (χ1v) is 4.48. The Morgan fingerprint density at radius 1 is 1.18 bits per heavy atom. The highest BCUT2D eigenvalue weighted by Gasteiger charge is 2.60. The summed E-state index contributed by atoms with van der Waals surface area (Å²) in [7, 11) is 0. The second-order valence-corrected chi connectivity index (χ2v) is 3.49. The molecule has 0 radical (unpaired) electrons. The molecule has 17 heavy (non-hydrogen) atoms. The molecule has 0 aliphatic rings. The molecular weight excluding hydrogens is 245 g/mol. The Bertz CT molecular complexity index is 557. The van der Waals surface area contributed by atoms with Gasteiger partial charge in [0.25, 0.3) is 0 Å². The Morgan fingerprint density at radius 2 is 1.82 bits per heavy atom. The van der Waals surface area contributed by atoms with Crippen molar-refractivity contribution in [3.8, 4) is 0 Å². The SMILES string of the molecule is Cc1cn2cnc(C(F)(F)C(F)(F)F)cc2n1. The van der Waals surface area contributed by atoms with Gasteiger partial charge in [-0.1, -0.05) is 0 Å². The fourth-order valence-corrected chi connectivity index (χ4v) is 1.33. The van der Waals surface area contributed by atoms with Gasteiger partial charge >= 0.3 is 12.1 Å². The van der Waals surface area contributed by atoms with Crippen LogP contribution in [0.1, 0.15) is 11.4 Å². The van der Waals surface area contributed by atoms with Gasteiger partial charge in [0.05, 0.1) is 5.69 Å². The normalized spacial score (nSPS) is 13.3. The summed E-state index contributed by atoms with van der Waals surface area (Å²) < 4.78 is 63.5. The smallest absolute Gasteiger partial charge is 0.290 e. The minimum absolute atomic E-state index is 0.00331. The molecule has 0 aliphatic carbocycles. The van der Waals surface area contributed by atoms with E-state index >= 15 is 0 Å². The van der Waals surface area contributed by atoms with E-state index in [0.29, 0.717) is 11.8 Å². The predicted octanol–water partition coefficient (Wildman–Crippen LogP) is 2.69. The first-order chi connectivity index (χ1) is 7.72. The van der Waals surface area contributed by atoms with Gasteiger partial charge in [0.15, 0.2) is 0 Å². The van der Waals surface area contributed by atoms with Gasteiger partial charge in [0.2, 0.25) is 0 Å². The van der Waals surface area contributed by atoms with Gasteiger partial charge in [0, 0.05) is 12.3 Å². The van der Waals surface area contributed by atoms with Crippen molar-refractivity contribution < 1.29 is 22.0 Å². The standard InChI is InChI=1S/C9H6F5N3/c1-5-3-17-4-15-6(2-7(17)16-5)8(10,11)9(12,13)14/h2-4H,1H3. The minimum atomic E-state index is -5.67. The van der Waals surface area contributed by atoms with E-state index in [1.165, 1.54) is 10.6 Å². The van der Waals surface area contributed by atoms with Crippen molar-refractivity contribution in [1.29, 1.82) is 0 Å². The second-order valence-electron chi connectivity index (χ2n) is 3.49. The molecule has 0 saturated carbocycles. The third kappa shape index (κ3) is 1.83. The number of halogens is 5. The number of rotatable bonds is 1. The number of hydrogen-bond acceptors (Lipinski definition) is 2. The van der Waals surface area contributed by atoms with Crippen molar-refractivity contribution in [2.75, 3.05) is 0 Å². The van der Waals surface area contributed by atoms with E-state index in [-0.39, 0.29) is 5.65 Å². The Labute approximate surface area is 91.9 Å². The van der Waals surface area contributed by atoms with E-state index in [4.69, 9.17) is 0 Å². The molecule has 2 aromatic rings. The van der Waals surface area contributed by atoms with E-state index in [9.17, 15) is 22.0 Å². The summed E-state index contributed by atoms with van der Waals surface area (Å²) in [5.41, 5.74) is -0.862.